The van der Waals surface area contributed by atoms with E-state index in [9.17, 15) is 4.79 Å². The van der Waals surface area contributed by atoms with Crippen LogP contribution in [-0.2, 0) is 0 Å². The fourth-order valence-electron chi connectivity index (χ4n) is 2.75. The second kappa shape index (κ2) is 4.41. The molecule has 0 amide bonds. The van der Waals surface area contributed by atoms with E-state index in [4.69, 9.17) is 0 Å². The van der Waals surface area contributed by atoms with Gasteiger partial charge in [-0.3, -0.25) is 4.79 Å². The van der Waals surface area contributed by atoms with Gasteiger partial charge in [0.1, 0.15) is 0 Å². The van der Waals surface area contributed by atoms with Crippen LogP contribution in [0.3, 0.4) is 0 Å². The summed E-state index contributed by atoms with van der Waals surface area (Å²) >= 11 is 0. The van der Waals surface area contributed by atoms with E-state index in [1.54, 1.807) is 6.92 Å². The summed E-state index contributed by atoms with van der Waals surface area (Å²) in [5, 5.41) is 0. The Morgan fingerprint density at radius 3 is 2.33 bits per heavy atom. The molecule has 2 atom stereocenters. The van der Waals surface area contributed by atoms with Crippen LogP contribution >= 0.6 is 0 Å². The van der Waals surface area contributed by atoms with E-state index in [0.717, 1.165) is 12.0 Å². The minimum absolute atomic E-state index is 0.171. The molecule has 2 aromatic carbocycles. The van der Waals surface area contributed by atoms with Crippen LogP contribution in [0, 0.1) is 0 Å². The lowest BCUT2D eigenvalue weighted by Gasteiger charge is -2.06. The molecule has 1 fully saturated rings. The molecule has 0 aromatic heterocycles. The van der Waals surface area contributed by atoms with Crippen LogP contribution in [0.4, 0.5) is 0 Å². The van der Waals surface area contributed by atoms with E-state index in [2.05, 4.69) is 30.3 Å². The number of Topliss-reactive ketones (excluding diaryl/α,β-unsaturated/α-hetero) is 1. The molecule has 0 radical (unpaired) electrons. The summed E-state index contributed by atoms with van der Waals surface area (Å²) in [6.45, 7) is 1.65. The summed E-state index contributed by atoms with van der Waals surface area (Å²) in [5.74, 6) is 1.28. The normalized spacial score (nSPS) is 21.6. The quantitative estimate of drug-likeness (QED) is 0.731. The van der Waals surface area contributed by atoms with Gasteiger partial charge in [0.05, 0.1) is 0 Å². The molecule has 90 valence electrons. The molecule has 1 nitrogen and oxygen atoms in total. The second-order valence-corrected chi connectivity index (χ2v) is 5.00. The standard InChI is InChI=1S/C17H16O/c1-12(18)14-9-5-6-10-15(14)17-11-16(17)13-7-3-2-4-8-13/h2-10,16-17H,11H2,1H3/t16-,17+/m1/s1. The molecule has 0 bridgehead atoms. The van der Waals surface area contributed by atoms with E-state index in [1.807, 2.05) is 24.3 Å². The van der Waals surface area contributed by atoms with Gasteiger partial charge in [0.15, 0.2) is 5.78 Å². The highest BCUT2D eigenvalue weighted by Crippen LogP contribution is 2.55. The Bertz CT molecular complexity index is 571. The average Bonchev–Trinajstić information content (AvgIpc) is 3.20. The molecule has 0 unspecified atom stereocenters. The van der Waals surface area contributed by atoms with Crippen molar-refractivity contribution in [3.8, 4) is 0 Å². The SMILES string of the molecule is CC(=O)c1ccccc1[C@@H]1C[C@@H]1c1ccccc1. The molecule has 1 heteroatoms. The number of ketones is 1. The van der Waals surface area contributed by atoms with Gasteiger partial charge in [-0.1, -0.05) is 54.6 Å². The maximum atomic E-state index is 11.6. The molecule has 0 heterocycles. The zero-order chi connectivity index (χ0) is 12.5. The summed E-state index contributed by atoms with van der Waals surface area (Å²) < 4.78 is 0. The Balaban J connectivity index is 1.89. The summed E-state index contributed by atoms with van der Waals surface area (Å²) in [6.07, 6.45) is 1.16. The molecular formula is C17H16O. The highest BCUT2D eigenvalue weighted by atomic mass is 16.1. The summed E-state index contributed by atoms with van der Waals surface area (Å²) in [4.78, 5) is 11.6. The average molecular weight is 236 g/mol. The Morgan fingerprint density at radius 2 is 1.61 bits per heavy atom. The fraction of sp³-hybridized carbons (Fsp3) is 0.235. The molecule has 0 spiro atoms. The van der Waals surface area contributed by atoms with Gasteiger partial charge in [0.25, 0.3) is 0 Å². The minimum atomic E-state index is 0.171. The van der Waals surface area contributed by atoms with Crippen molar-refractivity contribution >= 4 is 5.78 Å². The van der Waals surface area contributed by atoms with Gasteiger partial charge in [-0.05, 0) is 36.3 Å². The first-order valence-electron chi connectivity index (χ1n) is 6.42. The van der Waals surface area contributed by atoms with Gasteiger partial charge >= 0.3 is 0 Å². The third-order valence-corrected chi connectivity index (χ3v) is 3.76. The van der Waals surface area contributed by atoms with Crippen molar-refractivity contribution in [2.45, 2.75) is 25.2 Å². The second-order valence-electron chi connectivity index (χ2n) is 5.00. The van der Waals surface area contributed by atoms with Crippen LogP contribution in [0.2, 0.25) is 0 Å². The topological polar surface area (TPSA) is 17.1 Å². The first kappa shape index (κ1) is 11.2. The van der Waals surface area contributed by atoms with Crippen molar-refractivity contribution in [1.82, 2.24) is 0 Å². The third-order valence-electron chi connectivity index (χ3n) is 3.76. The van der Waals surface area contributed by atoms with E-state index < -0.39 is 0 Å². The van der Waals surface area contributed by atoms with Crippen molar-refractivity contribution in [2.24, 2.45) is 0 Å². The predicted octanol–water partition coefficient (Wildman–Crippen LogP) is 4.16. The molecule has 1 aliphatic carbocycles. The van der Waals surface area contributed by atoms with Crippen molar-refractivity contribution < 1.29 is 4.79 Å². The van der Waals surface area contributed by atoms with E-state index in [-0.39, 0.29) is 5.78 Å². The molecule has 0 saturated heterocycles. The Morgan fingerprint density at radius 1 is 0.944 bits per heavy atom. The van der Waals surface area contributed by atoms with Gasteiger partial charge in [0, 0.05) is 5.56 Å². The van der Waals surface area contributed by atoms with Crippen molar-refractivity contribution in [1.29, 1.82) is 0 Å². The van der Waals surface area contributed by atoms with Gasteiger partial charge in [-0.25, -0.2) is 0 Å². The highest BCUT2D eigenvalue weighted by molar-refractivity contribution is 5.95. The summed E-state index contributed by atoms with van der Waals surface area (Å²) in [6, 6.07) is 18.6. The van der Waals surface area contributed by atoms with Crippen molar-refractivity contribution in [3.63, 3.8) is 0 Å². The zero-order valence-corrected chi connectivity index (χ0v) is 10.5. The van der Waals surface area contributed by atoms with Gasteiger partial charge < -0.3 is 0 Å². The van der Waals surface area contributed by atoms with Gasteiger partial charge in [-0.15, -0.1) is 0 Å². The number of rotatable bonds is 3. The van der Waals surface area contributed by atoms with Crippen LogP contribution in [0.15, 0.2) is 54.6 Å². The molecular weight excluding hydrogens is 220 g/mol. The number of hydrogen-bond acceptors (Lipinski definition) is 1. The Hall–Kier alpha value is -1.89. The number of carbonyl (C=O) groups excluding carboxylic acids is 1. The maximum absolute atomic E-state index is 11.6. The lowest BCUT2D eigenvalue weighted by molar-refractivity contribution is 0.101. The molecule has 0 N–H and O–H groups in total. The lowest BCUT2D eigenvalue weighted by Crippen LogP contribution is -1.98. The molecule has 1 aliphatic rings. The number of carbonyl (C=O) groups is 1. The van der Waals surface area contributed by atoms with E-state index in [0.29, 0.717) is 11.8 Å². The minimum Gasteiger partial charge on any atom is -0.295 e. The number of benzene rings is 2. The largest absolute Gasteiger partial charge is 0.295 e. The van der Waals surface area contributed by atoms with Crippen LogP contribution in [0.5, 0.6) is 0 Å². The van der Waals surface area contributed by atoms with Crippen molar-refractivity contribution in [2.75, 3.05) is 0 Å². The van der Waals surface area contributed by atoms with Gasteiger partial charge in [-0.2, -0.15) is 0 Å². The van der Waals surface area contributed by atoms with E-state index >= 15 is 0 Å². The molecule has 18 heavy (non-hydrogen) atoms. The zero-order valence-electron chi connectivity index (χ0n) is 10.5. The third kappa shape index (κ3) is 1.97. The first-order valence-corrected chi connectivity index (χ1v) is 6.42. The van der Waals surface area contributed by atoms with Crippen LogP contribution < -0.4 is 0 Å². The lowest BCUT2D eigenvalue weighted by atomic mass is 9.98. The Labute approximate surface area is 107 Å². The van der Waals surface area contributed by atoms with Crippen molar-refractivity contribution in [3.05, 3.63) is 71.3 Å². The van der Waals surface area contributed by atoms with Gasteiger partial charge in [0.2, 0.25) is 0 Å². The molecule has 2 aromatic rings. The number of hydrogen-bond donors (Lipinski definition) is 0. The fourth-order valence-corrected chi connectivity index (χ4v) is 2.75. The molecule has 1 saturated carbocycles. The molecule has 0 aliphatic heterocycles. The smallest absolute Gasteiger partial charge is 0.160 e. The van der Waals surface area contributed by atoms with Crippen LogP contribution in [-0.4, -0.2) is 5.78 Å². The van der Waals surface area contributed by atoms with E-state index in [1.165, 1.54) is 11.1 Å². The van der Waals surface area contributed by atoms with Crippen LogP contribution in [0.25, 0.3) is 0 Å². The predicted molar refractivity (Wildman–Crippen MR) is 73.0 cm³/mol. The molecule has 3 rings (SSSR count). The maximum Gasteiger partial charge on any atom is 0.160 e. The highest BCUT2D eigenvalue weighted by Gasteiger charge is 2.40. The monoisotopic (exact) mass is 236 g/mol. The summed E-state index contributed by atoms with van der Waals surface area (Å²) in [5.41, 5.74) is 3.50. The van der Waals surface area contributed by atoms with Crippen LogP contribution in [0.1, 0.15) is 46.7 Å². The Kier molecular flexibility index (Phi) is 2.75. The summed E-state index contributed by atoms with van der Waals surface area (Å²) in [7, 11) is 0. The first-order chi connectivity index (χ1) is 8.77.